The van der Waals surface area contributed by atoms with Gasteiger partial charge in [0.1, 0.15) is 5.01 Å². The molecule has 0 radical (unpaired) electrons. The van der Waals surface area contributed by atoms with Crippen LogP contribution in [0.15, 0.2) is 52.5 Å². The molecule has 0 atom stereocenters. The van der Waals surface area contributed by atoms with Gasteiger partial charge in [0.05, 0.1) is 18.4 Å². The number of nitrogens with zero attached hydrogens (tertiary/aromatic N) is 2. The number of thiazole rings is 1. The maximum absolute atomic E-state index is 12.7. The number of aromatic nitrogens is 1. The van der Waals surface area contributed by atoms with Crippen molar-refractivity contribution in [2.45, 2.75) is 32.2 Å². The van der Waals surface area contributed by atoms with Gasteiger partial charge >= 0.3 is 0 Å². The number of rotatable bonds is 5. The van der Waals surface area contributed by atoms with Crippen LogP contribution in [0.1, 0.15) is 34.7 Å². The Balaban J connectivity index is 1.28. The molecule has 3 heterocycles. The minimum Gasteiger partial charge on any atom is -0.459 e. The third-order valence-corrected chi connectivity index (χ3v) is 6.10. The van der Waals surface area contributed by atoms with E-state index in [0.717, 1.165) is 34.7 Å². The third-order valence-electron chi connectivity index (χ3n) is 5.16. The molecule has 1 saturated heterocycles. The Morgan fingerprint density at radius 2 is 1.97 bits per heavy atom. The van der Waals surface area contributed by atoms with E-state index in [9.17, 15) is 9.59 Å². The Kier molecular flexibility index (Phi) is 5.76. The van der Waals surface area contributed by atoms with Gasteiger partial charge in [0, 0.05) is 35.6 Å². The number of carbonyl (C=O) groups is 2. The Morgan fingerprint density at radius 3 is 2.66 bits per heavy atom. The van der Waals surface area contributed by atoms with Crippen molar-refractivity contribution in [1.82, 2.24) is 15.2 Å². The molecule has 29 heavy (non-hydrogen) atoms. The first kappa shape index (κ1) is 19.4. The number of amides is 2. The van der Waals surface area contributed by atoms with Crippen LogP contribution in [0.4, 0.5) is 0 Å². The first-order valence-corrected chi connectivity index (χ1v) is 10.6. The van der Waals surface area contributed by atoms with Gasteiger partial charge in [0.25, 0.3) is 5.91 Å². The predicted octanol–water partition coefficient (Wildman–Crippen LogP) is 3.68. The SMILES string of the molecule is Cc1ccoc1C(=O)NC1CCN(C(=O)Cc2csc(-c3ccccc3)n2)CC1. The fraction of sp³-hybridized carbons (Fsp3) is 0.318. The Bertz CT molecular complexity index is 988. The lowest BCUT2D eigenvalue weighted by Gasteiger charge is -2.32. The summed E-state index contributed by atoms with van der Waals surface area (Å²) >= 11 is 1.56. The normalized spacial score (nSPS) is 14.7. The van der Waals surface area contributed by atoms with E-state index >= 15 is 0 Å². The number of hydrogen-bond donors (Lipinski definition) is 1. The fourth-order valence-electron chi connectivity index (χ4n) is 3.50. The van der Waals surface area contributed by atoms with Gasteiger partial charge in [-0.2, -0.15) is 0 Å². The van der Waals surface area contributed by atoms with Gasteiger partial charge < -0.3 is 14.6 Å². The van der Waals surface area contributed by atoms with Crippen molar-refractivity contribution < 1.29 is 14.0 Å². The molecule has 1 aromatic carbocycles. The van der Waals surface area contributed by atoms with Crippen LogP contribution < -0.4 is 5.32 Å². The van der Waals surface area contributed by atoms with Crippen LogP contribution >= 0.6 is 11.3 Å². The zero-order chi connectivity index (χ0) is 20.2. The minimum absolute atomic E-state index is 0.0556. The fourth-order valence-corrected chi connectivity index (χ4v) is 4.32. The molecule has 0 bridgehead atoms. The monoisotopic (exact) mass is 409 g/mol. The van der Waals surface area contributed by atoms with Crippen molar-refractivity contribution >= 4 is 23.2 Å². The molecule has 1 fully saturated rings. The summed E-state index contributed by atoms with van der Waals surface area (Å²) in [5.74, 6) is 0.260. The molecule has 150 valence electrons. The van der Waals surface area contributed by atoms with Gasteiger partial charge in [0.15, 0.2) is 5.76 Å². The maximum atomic E-state index is 12.7. The lowest BCUT2D eigenvalue weighted by Crippen LogP contribution is -2.47. The quantitative estimate of drug-likeness (QED) is 0.698. The predicted molar refractivity (Wildman–Crippen MR) is 112 cm³/mol. The van der Waals surface area contributed by atoms with E-state index in [-0.39, 0.29) is 17.9 Å². The molecule has 0 aliphatic carbocycles. The summed E-state index contributed by atoms with van der Waals surface area (Å²) in [4.78, 5) is 31.4. The van der Waals surface area contributed by atoms with E-state index in [1.54, 1.807) is 17.4 Å². The molecular formula is C22H23N3O3S. The number of likely N-dealkylation sites (tertiary alicyclic amines) is 1. The highest BCUT2D eigenvalue weighted by Crippen LogP contribution is 2.24. The summed E-state index contributed by atoms with van der Waals surface area (Å²) in [5.41, 5.74) is 2.70. The number of aryl methyl sites for hydroxylation is 1. The lowest BCUT2D eigenvalue weighted by atomic mass is 10.0. The van der Waals surface area contributed by atoms with Crippen LogP contribution in [-0.2, 0) is 11.2 Å². The number of nitrogens with one attached hydrogen (secondary N) is 1. The van der Waals surface area contributed by atoms with Crippen LogP contribution in [0.2, 0.25) is 0 Å². The molecule has 7 heteroatoms. The Labute approximate surface area is 173 Å². The second kappa shape index (κ2) is 8.61. The van der Waals surface area contributed by atoms with Crippen LogP contribution in [0.25, 0.3) is 10.6 Å². The second-order valence-electron chi connectivity index (χ2n) is 7.25. The number of carbonyl (C=O) groups excluding carboxylic acids is 2. The van der Waals surface area contributed by atoms with Crippen molar-refractivity contribution in [3.05, 3.63) is 65.1 Å². The Morgan fingerprint density at radius 1 is 1.21 bits per heavy atom. The summed E-state index contributed by atoms with van der Waals surface area (Å²) in [6, 6.07) is 11.8. The minimum atomic E-state index is -0.187. The van der Waals surface area contributed by atoms with E-state index < -0.39 is 0 Å². The first-order valence-electron chi connectivity index (χ1n) is 9.72. The van der Waals surface area contributed by atoms with E-state index in [1.165, 1.54) is 6.26 Å². The van der Waals surface area contributed by atoms with Crippen LogP contribution in [0.5, 0.6) is 0 Å². The molecule has 1 N–H and O–H groups in total. The highest BCUT2D eigenvalue weighted by molar-refractivity contribution is 7.13. The number of furan rings is 1. The Hall–Kier alpha value is -2.93. The number of benzene rings is 1. The van der Waals surface area contributed by atoms with Crippen molar-refractivity contribution in [3.8, 4) is 10.6 Å². The molecule has 0 saturated carbocycles. The van der Waals surface area contributed by atoms with Crippen LogP contribution in [-0.4, -0.2) is 40.8 Å². The molecule has 3 aromatic rings. The largest absolute Gasteiger partial charge is 0.459 e. The van der Waals surface area contributed by atoms with Gasteiger partial charge in [-0.15, -0.1) is 11.3 Å². The lowest BCUT2D eigenvalue weighted by molar-refractivity contribution is -0.131. The molecule has 1 aliphatic heterocycles. The topological polar surface area (TPSA) is 75.4 Å². The molecular weight excluding hydrogens is 386 g/mol. The molecule has 2 amide bonds. The van der Waals surface area contributed by atoms with E-state index in [0.29, 0.717) is 25.3 Å². The summed E-state index contributed by atoms with van der Waals surface area (Å²) in [7, 11) is 0. The summed E-state index contributed by atoms with van der Waals surface area (Å²) in [6.07, 6.45) is 3.31. The van der Waals surface area contributed by atoms with Crippen molar-refractivity contribution in [3.63, 3.8) is 0 Å². The molecule has 0 unspecified atom stereocenters. The number of hydrogen-bond acceptors (Lipinski definition) is 5. The second-order valence-corrected chi connectivity index (χ2v) is 8.11. The molecule has 0 spiro atoms. The van der Waals surface area contributed by atoms with Crippen LogP contribution in [0, 0.1) is 6.92 Å². The highest BCUT2D eigenvalue weighted by atomic mass is 32.1. The summed E-state index contributed by atoms with van der Waals surface area (Å²) < 4.78 is 5.24. The molecule has 2 aromatic heterocycles. The van der Waals surface area contributed by atoms with Crippen LogP contribution in [0.3, 0.4) is 0 Å². The zero-order valence-electron chi connectivity index (χ0n) is 16.3. The van der Waals surface area contributed by atoms with Crippen molar-refractivity contribution in [2.75, 3.05) is 13.1 Å². The van der Waals surface area contributed by atoms with Gasteiger partial charge in [-0.3, -0.25) is 9.59 Å². The molecule has 4 rings (SSSR count). The highest BCUT2D eigenvalue weighted by Gasteiger charge is 2.25. The van der Waals surface area contributed by atoms with Gasteiger partial charge in [-0.25, -0.2) is 4.98 Å². The van der Waals surface area contributed by atoms with Gasteiger partial charge in [0.2, 0.25) is 5.91 Å². The summed E-state index contributed by atoms with van der Waals surface area (Å²) in [6.45, 7) is 3.12. The smallest absolute Gasteiger partial charge is 0.287 e. The standard InChI is InChI=1S/C22H23N3O3S/c1-15-9-12-28-20(15)21(27)23-17-7-10-25(11-8-17)19(26)13-18-14-29-22(24-18)16-5-3-2-4-6-16/h2-6,9,12,14,17H,7-8,10-11,13H2,1H3,(H,23,27). The van der Waals surface area contributed by atoms with E-state index in [4.69, 9.17) is 4.42 Å². The third kappa shape index (κ3) is 4.56. The van der Waals surface area contributed by atoms with E-state index in [2.05, 4.69) is 10.3 Å². The zero-order valence-corrected chi connectivity index (χ0v) is 17.1. The average Bonchev–Trinajstić information content (AvgIpc) is 3.38. The van der Waals surface area contributed by atoms with Gasteiger partial charge in [-0.1, -0.05) is 30.3 Å². The summed E-state index contributed by atoms with van der Waals surface area (Å²) in [5, 5.41) is 5.90. The number of piperidine rings is 1. The van der Waals surface area contributed by atoms with Gasteiger partial charge in [-0.05, 0) is 25.8 Å². The average molecular weight is 410 g/mol. The molecule has 1 aliphatic rings. The van der Waals surface area contributed by atoms with E-state index in [1.807, 2.05) is 47.5 Å². The maximum Gasteiger partial charge on any atom is 0.287 e. The first-order chi connectivity index (χ1) is 14.1. The van der Waals surface area contributed by atoms with Crippen molar-refractivity contribution in [2.24, 2.45) is 0 Å². The van der Waals surface area contributed by atoms with Crippen molar-refractivity contribution in [1.29, 1.82) is 0 Å². The molecule has 6 nitrogen and oxygen atoms in total.